The van der Waals surface area contributed by atoms with Gasteiger partial charge in [-0.15, -0.1) is 0 Å². The highest BCUT2D eigenvalue weighted by Gasteiger charge is 2.02. The van der Waals surface area contributed by atoms with E-state index in [-0.39, 0.29) is 11.7 Å². The van der Waals surface area contributed by atoms with Crippen molar-refractivity contribution < 1.29 is 4.39 Å². The molecule has 1 aromatic rings. The molecule has 56 valence electrons. The van der Waals surface area contributed by atoms with Gasteiger partial charge in [-0.25, -0.2) is 4.39 Å². The summed E-state index contributed by atoms with van der Waals surface area (Å²) in [5, 5.41) is 8.51. The summed E-state index contributed by atoms with van der Waals surface area (Å²) >= 11 is 0. The zero-order valence-electron chi connectivity index (χ0n) is 6.21. The van der Waals surface area contributed by atoms with Gasteiger partial charge < -0.3 is 0 Å². The zero-order valence-corrected chi connectivity index (χ0v) is 6.21. The van der Waals surface area contributed by atoms with E-state index in [0.29, 0.717) is 0 Å². The van der Waals surface area contributed by atoms with Crippen molar-refractivity contribution in [1.29, 1.82) is 5.26 Å². The van der Waals surface area contributed by atoms with Gasteiger partial charge in [-0.05, 0) is 24.6 Å². The quantitative estimate of drug-likeness (QED) is 0.601. The summed E-state index contributed by atoms with van der Waals surface area (Å²) in [7, 11) is 0. The lowest BCUT2D eigenvalue weighted by molar-refractivity contribution is 0.625. The van der Waals surface area contributed by atoms with Crippen LogP contribution in [0.1, 0.15) is 18.4 Å². The number of hydrogen-bond acceptors (Lipinski definition) is 1. The molecule has 0 amide bonds. The number of benzene rings is 1. The van der Waals surface area contributed by atoms with Gasteiger partial charge in [0.15, 0.2) is 0 Å². The highest BCUT2D eigenvalue weighted by atomic mass is 19.1. The summed E-state index contributed by atoms with van der Waals surface area (Å²) < 4.78 is 12.6. The fourth-order valence-corrected chi connectivity index (χ4v) is 0.850. The lowest BCUT2D eigenvalue weighted by Crippen LogP contribution is -1.89. The molecule has 0 fully saturated rings. The van der Waals surface area contributed by atoms with Crippen molar-refractivity contribution >= 4 is 0 Å². The van der Waals surface area contributed by atoms with Crippen molar-refractivity contribution in [1.82, 2.24) is 0 Å². The van der Waals surface area contributed by atoms with Gasteiger partial charge in [0.05, 0.1) is 12.0 Å². The Bertz CT molecular complexity index is 288. The third kappa shape index (κ3) is 1.78. The van der Waals surface area contributed by atoms with Crippen molar-refractivity contribution in [3.63, 3.8) is 0 Å². The molecule has 1 unspecified atom stereocenters. The summed E-state index contributed by atoms with van der Waals surface area (Å²) in [4.78, 5) is 0. The molecule has 0 aliphatic carbocycles. The standard InChI is InChI=1S/C9H8FN/c1-7(6-11)8-3-2-4-9(10)5-8/h2-5,7H,1H3. The average molecular weight is 149 g/mol. The van der Waals surface area contributed by atoms with Gasteiger partial charge in [-0.1, -0.05) is 12.1 Å². The summed E-state index contributed by atoms with van der Waals surface area (Å²) in [6.07, 6.45) is 0. The Hall–Kier alpha value is -1.36. The molecule has 0 saturated heterocycles. The minimum Gasteiger partial charge on any atom is -0.207 e. The summed E-state index contributed by atoms with van der Waals surface area (Å²) in [5.41, 5.74) is 0.729. The Morgan fingerprint density at radius 1 is 1.55 bits per heavy atom. The molecular formula is C9H8FN. The molecule has 0 aromatic heterocycles. The first-order valence-electron chi connectivity index (χ1n) is 3.39. The van der Waals surface area contributed by atoms with Crippen molar-refractivity contribution in [2.24, 2.45) is 0 Å². The molecule has 2 heteroatoms. The van der Waals surface area contributed by atoms with E-state index in [1.807, 2.05) is 6.07 Å². The van der Waals surface area contributed by atoms with Crippen LogP contribution in [0.3, 0.4) is 0 Å². The van der Waals surface area contributed by atoms with Gasteiger partial charge in [0.2, 0.25) is 0 Å². The molecule has 0 radical (unpaired) electrons. The molecule has 1 aromatic carbocycles. The van der Waals surface area contributed by atoms with Gasteiger partial charge in [0.25, 0.3) is 0 Å². The van der Waals surface area contributed by atoms with Crippen LogP contribution in [0.15, 0.2) is 24.3 Å². The molecule has 1 rings (SSSR count). The van der Waals surface area contributed by atoms with E-state index in [4.69, 9.17) is 5.26 Å². The fourth-order valence-electron chi connectivity index (χ4n) is 0.850. The molecule has 0 aliphatic rings. The summed E-state index contributed by atoms with van der Waals surface area (Å²) in [6.45, 7) is 1.74. The number of nitriles is 1. The molecule has 0 heterocycles. The smallest absolute Gasteiger partial charge is 0.123 e. The molecule has 0 aliphatic heterocycles. The van der Waals surface area contributed by atoms with Crippen LogP contribution in [0.25, 0.3) is 0 Å². The van der Waals surface area contributed by atoms with Gasteiger partial charge in [-0.2, -0.15) is 5.26 Å². The Morgan fingerprint density at radius 3 is 2.82 bits per heavy atom. The van der Waals surface area contributed by atoms with Crippen molar-refractivity contribution in [2.75, 3.05) is 0 Å². The van der Waals surface area contributed by atoms with Crippen molar-refractivity contribution in [3.05, 3.63) is 35.6 Å². The maximum absolute atomic E-state index is 12.6. The van der Waals surface area contributed by atoms with E-state index in [1.54, 1.807) is 19.1 Å². The van der Waals surface area contributed by atoms with Crippen LogP contribution in [0.5, 0.6) is 0 Å². The molecule has 1 atom stereocenters. The molecular weight excluding hydrogens is 141 g/mol. The minimum atomic E-state index is -0.287. The monoisotopic (exact) mass is 149 g/mol. The predicted molar refractivity (Wildman–Crippen MR) is 40.4 cm³/mol. The van der Waals surface area contributed by atoms with Crippen LogP contribution in [-0.4, -0.2) is 0 Å². The zero-order chi connectivity index (χ0) is 8.27. The number of rotatable bonds is 1. The van der Waals surface area contributed by atoms with Crippen LogP contribution >= 0.6 is 0 Å². The van der Waals surface area contributed by atoms with E-state index in [0.717, 1.165) is 5.56 Å². The lowest BCUT2D eigenvalue weighted by Gasteiger charge is -2.00. The summed E-state index contributed by atoms with van der Waals surface area (Å²) in [6, 6.07) is 8.15. The molecule has 0 saturated carbocycles. The Balaban J connectivity index is 2.98. The number of hydrogen-bond donors (Lipinski definition) is 0. The molecule has 1 nitrogen and oxygen atoms in total. The van der Waals surface area contributed by atoms with Gasteiger partial charge in [0, 0.05) is 0 Å². The fraction of sp³-hybridized carbons (Fsp3) is 0.222. The SMILES string of the molecule is CC(C#N)c1cccc(F)c1. The maximum atomic E-state index is 12.6. The number of halogens is 1. The van der Waals surface area contributed by atoms with Crippen LogP contribution < -0.4 is 0 Å². The van der Waals surface area contributed by atoms with Crippen molar-refractivity contribution in [2.45, 2.75) is 12.8 Å². The first-order chi connectivity index (χ1) is 5.24. The minimum absolute atomic E-state index is 0.231. The highest BCUT2D eigenvalue weighted by molar-refractivity contribution is 5.24. The van der Waals surface area contributed by atoms with Crippen molar-refractivity contribution in [3.8, 4) is 6.07 Å². The summed E-state index contributed by atoms with van der Waals surface area (Å²) in [5.74, 6) is -0.518. The third-order valence-corrected chi connectivity index (χ3v) is 1.54. The number of nitrogens with zero attached hydrogens (tertiary/aromatic N) is 1. The van der Waals surface area contributed by atoms with E-state index in [2.05, 4.69) is 0 Å². The second-order valence-electron chi connectivity index (χ2n) is 2.41. The van der Waals surface area contributed by atoms with Gasteiger partial charge in [0.1, 0.15) is 5.82 Å². The average Bonchev–Trinajstić information content (AvgIpc) is 2.03. The molecule has 0 spiro atoms. The van der Waals surface area contributed by atoms with E-state index in [1.165, 1.54) is 12.1 Å². The topological polar surface area (TPSA) is 23.8 Å². The first kappa shape index (κ1) is 7.74. The van der Waals surface area contributed by atoms with Crippen LogP contribution in [0.4, 0.5) is 4.39 Å². The Kier molecular flexibility index (Phi) is 2.22. The highest BCUT2D eigenvalue weighted by Crippen LogP contribution is 2.14. The van der Waals surface area contributed by atoms with Crippen LogP contribution in [-0.2, 0) is 0 Å². The van der Waals surface area contributed by atoms with Gasteiger partial charge >= 0.3 is 0 Å². The Morgan fingerprint density at radius 2 is 2.27 bits per heavy atom. The molecule has 11 heavy (non-hydrogen) atoms. The third-order valence-electron chi connectivity index (χ3n) is 1.54. The molecule has 0 N–H and O–H groups in total. The van der Waals surface area contributed by atoms with Crippen LogP contribution in [0.2, 0.25) is 0 Å². The largest absolute Gasteiger partial charge is 0.207 e. The predicted octanol–water partition coefficient (Wildman–Crippen LogP) is 2.45. The second kappa shape index (κ2) is 3.16. The second-order valence-corrected chi connectivity index (χ2v) is 2.41. The van der Waals surface area contributed by atoms with Gasteiger partial charge in [-0.3, -0.25) is 0 Å². The first-order valence-corrected chi connectivity index (χ1v) is 3.39. The van der Waals surface area contributed by atoms with E-state index >= 15 is 0 Å². The molecule has 0 bridgehead atoms. The van der Waals surface area contributed by atoms with E-state index < -0.39 is 0 Å². The lowest BCUT2D eigenvalue weighted by atomic mass is 10.0. The van der Waals surface area contributed by atoms with Crippen LogP contribution in [0, 0.1) is 17.1 Å². The maximum Gasteiger partial charge on any atom is 0.123 e. The normalized spacial score (nSPS) is 12.1. The van der Waals surface area contributed by atoms with E-state index in [9.17, 15) is 4.39 Å². The Labute approximate surface area is 65.1 Å².